The summed E-state index contributed by atoms with van der Waals surface area (Å²) in [6, 6.07) is 20.8. The topological polar surface area (TPSA) is 87.6 Å². The monoisotopic (exact) mass is 514 g/mol. The highest BCUT2D eigenvalue weighted by Crippen LogP contribution is 2.32. The third kappa shape index (κ3) is 5.91. The van der Waals surface area contributed by atoms with E-state index in [0.717, 1.165) is 22.4 Å². The van der Waals surface area contributed by atoms with E-state index in [0.29, 0.717) is 17.1 Å². The van der Waals surface area contributed by atoms with Crippen LogP contribution in [0.4, 0.5) is 16.2 Å². The van der Waals surface area contributed by atoms with Crippen molar-refractivity contribution in [2.24, 2.45) is 0 Å². The number of rotatable bonds is 10. The van der Waals surface area contributed by atoms with E-state index in [-0.39, 0.29) is 18.3 Å². The minimum absolute atomic E-state index is 0.110. The summed E-state index contributed by atoms with van der Waals surface area (Å²) in [4.78, 5) is 23.2. The minimum atomic E-state index is -1.05. The fraction of sp³-hybridized carbons (Fsp3) is 0.233. The molecule has 2 N–H and O–H groups in total. The molecule has 0 bridgehead atoms. The van der Waals surface area contributed by atoms with Gasteiger partial charge in [-0.3, -0.25) is 0 Å². The number of carboxylic acids is 1. The normalized spacial score (nSPS) is 11.7. The fourth-order valence-electron chi connectivity index (χ4n) is 4.06. The zero-order chi connectivity index (χ0) is 27.2. The molecule has 0 spiro atoms. The van der Waals surface area contributed by atoms with Crippen molar-refractivity contribution in [1.29, 1.82) is 0 Å². The van der Waals surface area contributed by atoms with E-state index in [4.69, 9.17) is 4.74 Å². The van der Waals surface area contributed by atoms with E-state index in [1.807, 2.05) is 74.3 Å². The number of hydrogen-bond donors (Lipinski definition) is 2. The van der Waals surface area contributed by atoms with Gasteiger partial charge in [0.15, 0.2) is 0 Å². The number of hydrogen-bond acceptors (Lipinski definition) is 6. The predicted molar refractivity (Wildman–Crippen MR) is 148 cm³/mol. The summed E-state index contributed by atoms with van der Waals surface area (Å²) in [6.45, 7) is 3.99. The molecule has 4 rings (SSSR count). The summed E-state index contributed by atoms with van der Waals surface area (Å²) in [6.07, 6.45) is 1.72. The molecular formula is C30H31FN4O3. The average Bonchev–Trinajstić information content (AvgIpc) is 2.93. The van der Waals surface area contributed by atoms with Gasteiger partial charge in [-0.15, -0.1) is 0 Å². The number of anilines is 2. The van der Waals surface area contributed by atoms with Gasteiger partial charge in [-0.05, 0) is 37.1 Å². The van der Waals surface area contributed by atoms with Gasteiger partial charge in [0.25, 0.3) is 0 Å². The van der Waals surface area contributed by atoms with E-state index in [2.05, 4.69) is 15.3 Å². The molecule has 0 aliphatic rings. The Morgan fingerprint density at radius 1 is 1.00 bits per heavy atom. The summed E-state index contributed by atoms with van der Waals surface area (Å²) in [5.74, 6) is -0.0611. The molecule has 196 valence electrons. The molecule has 4 aromatic rings. The molecular weight excluding hydrogens is 483 g/mol. The van der Waals surface area contributed by atoms with Crippen molar-refractivity contribution in [2.75, 3.05) is 24.4 Å². The van der Waals surface area contributed by atoms with Crippen molar-refractivity contribution in [1.82, 2.24) is 9.97 Å². The highest BCUT2D eigenvalue weighted by atomic mass is 19.1. The Balaban J connectivity index is 1.65. The number of carboxylic acid groups (broad SMARTS) is 1. The van der Waals surface area contributed by atoms with Gasteiger partial charge in [0, 0.05) is 42.4 Å². The quantitative estimate of drug-likeness (QED) is 0.272. The van der Waals surface area contributed by atoms with Crippen LogP contribution in [0.5, 0.6) is 5.75 Å². The standard InChI is InChI=1S/C30H31FN4O3/c1-19(2)35(3)30-32-18-24(23-10-5-7-11-25(23)31)28(34-30)33-26(29(36)37)17-20-13-15-21(16-14-20)22-9-6-8-12-27(22)38-4/h5-16,18-19,26H,17H2,1-4H3,(H,36,37)(H,32,33,34)/t26-/m0/s1. The second-order valence-electron chi connectivity index (χ2n) is 9.25. The van der Waals surface area contributed by atoms with Crippen molar-refractivity contribution in [3.8, 4) is 28.0 Å². The highest BCUT2D eigenvalue weighted by molar-refractivity contribution is 5.82. The lowest BCUT2D eigenvalue weighted by molar-refractivity contribution is -0.137. The minimum Gasteiger partial charge on any atom is -0.496 e. The number of halogens is 1. The number of nitrogens with zero attached hydrogens (tertiary/aromatic N) is 3. The van der Waals surface area contributed by atoms with Crippen LogP contribution in [0.1, 0.15) is 19.4 Å². The number of methoxy groups -OCH3 is 1. The fourth-order valence-corrected chi connectivity index (χ4v) is 4.06. The van der Waals surface area contributed by atoms with E-state index in [1.165, 1.54) is 12.3 Å². The van der Waals surface area contributed by atoms with Gasteiger partial charge in [-0.2, -0.15) is 4.98 Å². The maximum absolute atomic E-state index is 14.7. The number of aromatic nitrogens is 2. The first-order valence-electron chi connectivity index (χ1n) is 12.3. The van der Waals surface area contributed by atoms with Crippen LogP contribution in [0.15, 0.2) is 79.0 Å². The molecule has 0 radical (unpaired) electrons. The maximum atomic E-state index is 14.7. The van der Waals surface area contributed by atoms with Crippen molar-refractivity contribution in [2.45, 2.75) is 32.4 Å². The summed E-state index contributed by atoms with van der Waals surface area (Å²) in [7, 11) is 3.48. The lowest BCUT2D eigenvalue weighted by Crippen LogP contribution is -2.33. The molecule has 1 aromatic heterocycles. The molecule has 1 atom stereocenters. The number of nitrogens with one attached hydrogen (secondary N) is 1. The predicted octanol–water partition coefficient (Wildman–Crippen LogP) is 5.91. The van der Waals surface area contributed by atoms with Crippen molar-refractivity contribution >= 4 is 17.7 Å². The molecule has 7 nitrogen and oxygen atoms in total. The summed E-state index contributed by atoms with van der Waals surface area (Å²) >= 11 is 0. The van der Waals surface area contributed by atoms with Gasteiger partial charge < -0.3 is 20.1 Å². The highest BCUT2D eigenvalue weighted by Gasteiger charge is 2.23. The van der Waals surface area contributed by atoms with Crippen LogP contribution < -0.4 is 15.0 Å². The molecule has 1 heterocycles. The van der Waals surface area contributed by atoms with Crippen LogP contribution >= 0.6 is 0 Å². The third-order valence-corrected chi connectivity index (χ3v) is 6.45. The maximum Gasteiger partial charge on any atom is 0.326 e. The Bertz CT molecular complexity index is 1410. The SMILES string of the molecule is COc1ccccc1-c1ccc(C[C@H](Nc2nc(N(C)C(C)C)ncc2-c2ccccc2F)C(=O)O)cc1. The van der Waals surface area contributed by atoms with Gasteiger partial charge in [0.05, 0.1) is 7.11 Å². The molecule has 0 saturated carbocycles. The Hall–Kier alpha value is -4.46. The molecule has 0 saturated heterocycles. The van der Waals surface area contributed by atoms with Crippen LogP contribution in [-0.4, -0.2) is 47.3 Å². The molecule has 0 aliphatic carbocycles. The molecule has 0 amide bonds. The van der Waals surface area contributed by atoms with Gasteiger partial charge >= 0.3 is 5.97 Å². The lowest BCUT2D eigenvalue weighted by atomic mass is 9.99. The number of benzene rings is 3. The first-order chi connectivity index (χ1) is 18.3. The summed E-state index contributed by atoms with van der Waals surface area (Å²) in [5, 5.41) is 13.1. The number of para-hydroxylation sites is 1. The molecule has 3 aromatic carbocycles. The van der Waals surface area contributed by atoms with E-state index >= 15 is 0 Å². The van der Waals surface area contributed by atoms with E-state index < -0.39 is 17.8 Å². The summed E-state index contributed by atoms with van der Waals surface area (Å²) in [5.41, 5.74) is 3.42. The third-order valence-electron chi connectivity index (χ3n) is 6.45. The Morgan fingerprint density at radius 2 is 1.66 bits per heavy atom. The molecule has 8 heteroatoms. The molecule has 38 heavy (non-hydrogen) atoms. The van der Waals surface area contributed by atoms with Crippen LogP contribution in [0, 0.1) is 5.82 Å². The zero-order valence-corrected chi connectivity index (χ0v) is 21.9. The Labute approximate surface area is 222 Å². The molecule has 0 aliphatic heterocycles. The van der Waals surface area contributed by atoms with Crippen LogP contribution in [-0.2, 0) is 11.2 Å². The number of aliphatic carboxylic acids is 1. The van der Waals surface area contributed by atoms with Crippen LogP contribution in [0.25, 0.3) is 22.3 Å². The van der Waals surface area contributed by atoms with Crippen LogP contribution in [0.3, 0.4) is 0 Å². The second kappa shape index (κ2) is 11.7. The largest absolute Gasteiger partial charge is 0.496 e. The number of carbonyl (C=O) groups is 1. The van der Waals surface area contributed by atoms with Gasteiger partial charge in [0.2, 0.25) is 5.95 Å². The average molecular weight is 515 g/mol. The van der Waals surface area contributed by atoms with Gasteiger partial charge in [-0.1, -0.05) is 60.7 Å². The van der Waals surface area contributed by atoms with E-state index in [9.17, 15) is 14.3 Å². The second-order valence-corrected chi connectivity index (χ2v) is 9.25. The van der Waals surface area contributed by atoms with Gasteiger partial charge in [0.1, 0.15) is 23.4 Å². The lowest BCUT2D eigenvalue weighted by Gasteiger charge is -2.24. The molecule has 0 fully saturated rings. The van der Waals surface area contributed by atoms with E-state index in [1.54, 1.807) is 25.3 Å². The first kappa shape index (κ1) is 26.6. The summed E-state index contributed by atoms with van der Waals surface area (Å²) < 4.78 is 20.2. The van der Waals surface area contributed by atoms with Gasteiger partial charge in [-0.25, -0.2) is 14.2 Å². The zero-order valence-electron chi connectivity index (χ0n) is 21.9. The Morgan fingerprint density at radius 3 is 2.29 bits per heavy atom. The Kier molecular flexibility index (Phi) is 8.21. The smallest absolute Gasteiger partial charge is 0.326 e. The molecule has 0 unspecified atom stereocenters. The van der Waals surface area contributed by atoms with Crippen LogP contribution in [0.2, 0.25) is 0 Å². The van der Waals surface area contributed by atoms with Crippen molar-refractivity contribution in [3.05, 3.63) is 90.4 Å². The van der Waals surface area contributed by atoms with Crippen molar-refractivity contribution < 1.29 is 19.0 Å². The van der Waals surface area contributed by atoms with Crippen molar-refractivity contribution in [3.63, 3.8) is 0 Å². The number of ether oxygens (including phenoxy) is 1. The first-order valence-corrected chi connectivity index (χ1v) is 12.3.